The van der Waals surface area contributed by atoms with Crippen LogP contribution in [0.3, 0.4) is 0 Å². The number of sulfonamides is 1. The van der Waals surface area contributed by atoms with Crippen molar-refractivity contribution in [2.75, 3.05) is 16.6 Å². The van der Waals surface area contributed by atoms with E-state index in [0.717, 1.165) is 18.4 Å². The number of rotatable bonds is 2. The van der Waals surface area contributed by atoms with E-state index < -0.39 is 10.0 Å². The van der Waals surface area contributed by atoms with Gasteiger partial charge in [0.25, 0.3) is 10.0 Å². The van der Waals surface area contributed by atoms with E-state index in [4.69, 9.17) is 5.73 Å². The highest BCUT2D eigenvalue weighted by Crippen LogP contribution is 2.38. The molecule has 0 atom stereocenters. The first-order valence-corrected chi connectivity index (χ1v) is 9.26. The normalized spacial score (nSPS) is 15.2. The number of nitrogens with two attached hydrogens (primary N) is 1. The van der Waals surface area contributed by atoms with Gasteiger partial charge < -0.3 is 5.73 Å². The average Bonchev–Trinajstić information content (AvgIpc) is 2.85. The summed E-state index contributed by atoms with van der Waals surface area (Å²) in [6.07, 6.45) is 1.60. The maximum atomic E-state index is 12.8. The molecule has 4 nitrogen and oxygen atoms in total. The smallest absolute Gasteiger partial charge is 0.274 e. The Morgan fingerprint density at radius 1 is 1.30 bits per heavy atom. The molecule has 0 saturated carbocycles. The van der Waals surface area contributed by atoms with E-state index in [1.54, 1.807) is 17.5 Å². The van der Waals surface area contributed by atoms with Crippen LogP contribution in [0.15, 0.2) is 38.3 Å². The molecule has 0 bridgehead atoms. The summed E-state index contributed by atoms with van der Waals surface area (Å²) < 4.78 is 28.0. The number of hydrogen-bond donors (Lipinski definition) is 1. The van der Waals surface area contributed by atoms with Crippen molar-refractivity contribution in [1.29, 1.82) is 0 Å². The van der Waals surface area contributed by atoms with Crippen LogP contribution < -0.4 is 10.0 Å². The highest BCUT2D eigenvalue weighted by molar-refractivity contribution is 9.10. The number of anilines is 2. The van der Waals surface area contributed by atoms with Gasteiger partial charge in [0.2, 0.25) is 0 Å². The number of nitrogen functional groups attached to an aromatic ring is 1. The molecule has 2 heterocycles. The number of benzene rings is 1. The third-order valence-corrected chi connectivity index (χ3v) is 7.81. The first-order valence-electron chi connectivity index (χ1n) is 6.15. The molecule has 106 valence electrons. The lowest BCUT2D eigenvalue weighted by Crippen LogP contribution is -2.35. The van der Waals surface area contributed by atoms with Crippen molar-refractivity contribution in [3.8, 4) is 0 Å². The summed E-state index contributed by atoms with van der Waals surface area (Å²) >= 11 is 4.52. The van der Waals surface area contributed by atoms with Crippen LogP contribution in [-0.2, 0) is 16.4 Å². The fraction of sp³-hybridized carbons (Fsp3) is 0.231. The average molecular weight is 373 g/mol. The van der Waals surface area contributed by atoms with Crippen LogP contribution in [0.25, 0.3) is 0 Å². The quantitative estimate of drug-likeness (QED) is 0.822. The molecule has 1 aliphatic heterocycles. The van der Waals surface area contributed by atoms with E-state index in [1.807, 2.05) is 12.1 Å². The van der Waals surface area contributed by atoms with E-state index in [-0.39, 0.29) is 0 Å². The molecule has 0 radical (unpaired) electrons. The van der Waals surface area contributed by atoms with Gasteiger partial charge in [-0.1, -0.05) is 6.07 Å². The number of nitrogens with zero attached hydrogens (tertiary/aromatic N) is 1. The van der Waals surface area contributed by atoms with Gasteiger partial charge in [0, 0.05) is 16.7 Å². The molecule has 3 rings (SSSR count). The summed E-state index contributed by atoms with van der Waals surface area (Å²) in [4.78, 5) is 0. The Morgan fingerprint density at radius 2 is 2.10 bits per heavy atom. The second kappa shape index (κ2) is 5.05. The maximum Gasteiger partial charge on any atom is 0.274 e. The lowest BCUT2D eigenvalue weighted by molar-refractivity contribution is 0.588. The van der Waals surface area contributed by atoms with Gasteiger partial charge in [-0.05, 0) is 57.9 Å². The third-order valence-electron chi connectivity index (χ3n) is 3.35. The first kappa shape index (κ1) is 13.9. The summed E-state index contributed by atoms with van der Waals surface area (Å²) in [6.45, 7) is 0.489. The van der Waals surface area contributed by atoms with Crippen molar-refractivity contribution in [2.45, 2.75) is 17.1 Å². The fourth-order valence-corrected chi connectivity index (χ4v) is 6.38. The lowest BCUT2D eigenvalue weighted by atomic mass is 10.0. The number of halogens is 1. The Kier molecular flexibility index (Phi) is 3.51. The van der Waals surface area contributed by atoms with E-state index in [0.29, 0.717) is 26.6 Å². The Hall–Kier alpha value is -1.05. The minimum absolute atomic E-state index is 0.341. The van der Waals surface area contributed by atoms with Crippen LogP contribution in [0.2, 0.25) is 0 Å². The Bertz CT molecular complexity index is 755. The Morgan fingerprint density at radius 3 is 2.80 bits per heavy atom. The van der Waals surface area contributed by atoms with E-state index in [9.17, 15) is 8.42 Å². The summed E-state index contributed by atoms with van der Waals surface area (Å²) in [5, 5.41) is 1.77. The molecular formula is C13H13BrN2O2S2. The van der Waals surface area contributed by atoms with Crippen molar-refractivity contribution >= 4 is 48.7 Å². The van der Waals surface area contributed by atoms with Gasteiger partial charge in [-0.25, -0.2) is 8.42 Å². The minimum Gasteiger partial charge on any atom is -0.398 e. The molecule has 2 aromatic rings. The second-order valence-corrected chi connectivity index (χ2v) is 8.41. The monoisotopic (exact) mass is 372 g/mol. The molecule has 1 aromatic heterocycles. The topological polar surface area (TPSA) is 63.4 Å². The summed E-state index contributed by atoms with van der Waals surface area (Å²) in [5.41, 5.74) is 8.26. The standard InChI is InChI=1S/C13H13BrN2O2S2/c14-10-6-8-19-13(10)20(17,18)16-7-2-3-9-11(15)4-1-5-12(9)16/h1,4-6,8H,2-3,7,15H2. The highest BCUT2D eigenvalue weighted by Gasteiger charge is 2.31. The number of fused-ring (bicyclic) bond motifs is 1. The van der Waals surface area contributed by atoms with Crippen LogP contribution >= 0.6 is 27.3 Å². The van der Waals surface area contributed by atoms with Crippen molar-refractivity contribution in [1.82, 2.24) is 0 Å². The molecule has 0 saturated heterocycles. The lowest BCUT2D eigenvalue weighted by Gasteiger charge is -2.30. The molecule has 0 unspecified atom stereocenters. The first-order chi connectivity index (χ1) is 9.51. The zero-order valence-corrected chi connectivity index (χ0v) is 13.8. The van der Waals surface area contributed by atoms with E-state index in [2.05, 4.69) is 15.9 Å². The molecule has 0 amide bonds. The minimum atomic E-state index is -3.53. The predicted octanol–water partition coefficient (Wildman–Crippen LogP) is 3.23. The second-order valence-electron chi connectivity index (χ2n) is 4.58. The summed E-state index contributed by atoms with van der Waals surface area (Å²) in [7, 11) is -3.53. The molecule has 2 N–H and O–H groups in total. The van der Waals surface area contributed by atoms with Gasteiger partial charge in [0.05, 0.1) is 5.69 Å². The molecule has 0 aliphatic carbocycles. The Balaban J connectivity index is 2.14. The zero-order chi connectivity index (χ0) is 14.3. The summed E-state index contributed by atoms with van der Waals surface area (Å²) in [6, 6.07) is 7.19. The molecule has 7 heteroatoms. The zero-order valence-electron chi connectivity index (χ0n) is 10.5. The van der Waals surface area contributed by atoms with Crippen molar-refractivity contribution < 1.29 is 8.42 Å². The van der Waals surface area contributed by atoms with Crippen LogP contribution in [0.5, 0.6) is 0 Å². The van der Waals surface area contributed by atoms with Crippen molar-refractivity contribution in [2.24, 2.45) is 0 Å². The molecule has 1 aliphatic rings. The van der Waals surface area contributed by atoms with Crippen LogP contribution in [0, 0.1) is 0 Å². The van der Waals surface area contributed by atoms with Gasteiger partial charge in [-0.15, -0.1) is 11.3 Å². The number of thiophene rings is 1. The van der Waals surface area contributed by atoms with Gasteiger partial charge in [0.1, 0.15) is 0 Å². The van der Waals surface area contributed by atoms with Gasteiger partial charge >= 0.3 is 0 Å². The largest absolute Gasteiger partial charge is 0.398 e. The molecule has 1 aromatic carbocycles. The van der Waals surface area contributed by atoms with E-state index in [1.165, 1.54) is 15.6 Å². The third kappa shape index (κ3) is 2.13. The van der Waals surface area contributed by atoms with Crippen LogP contribution in [0.4, 0.5) is 11.4 Å². The van der Waals surface area contributed by atoms with Crippen molar-refractivity contribution in [3.63, 3.8) is 0 Å². The maximum absolute atomic E-state index is 12.8. The molecule has 20 heavy (non-hydrogen) atoms. The van der Waals surface area contributed by atoms with Gasteiger partial charge in [-0.2, -0.15) is 0 Å². The summed E-state index contributed by atoms with van der Waals surface area (Å²) in [5.74, 6) is 0. The van der Waals surface area contributed by atoms with Gasteiger partial charge in [-0.3, -0.25) is 4.31 Å². The van der Waals surface area contributed by atoms with Crippen LogP contribution in [0.1, 0.15) is 12.0 Å². The molecular weight excluding hydrogens is 360 g/mol. The van der Waals surface area contributed by atoms with Gasteiger partial charge in [0.15, 0.2) is 4.21 Å². The molecule has 0 fully saturated rings. The highest BCUT2D eigenvalue weighted by atomic mass is 79.9. The predicted molar refractivity (Wildman–Crippen MR) is 85.7 cm³/mol. The molecule has 0 spiro atoms. The SMILES string of the molecule is Nc1cccc2c1CCCN2S(=O)(=O)c1sccc1Br. The van der Waals surface area contributed by atoms with E-state index >= 15 is 0 Å². The Labute approximate surface area is 130 Å². The number of hydrogen-bond acceptors (Lipinski definition) is 4. The fourth-order valence-electron chi connectivity index (χ4n) is 2.43. The van der Waals surface area contributed by atoms with Crippen molar-refractivity contribution in [3.05, 3.63) is 39.7 Å². The van der Waals surface area contributed by atoms with Crippen LogP contribution in [-0.4, -0.2) is 15.0 Å².